The van der Waals surface area contributed by atoms with Crippen molar-refractivity contribution in [1.82, 2.24) is 24.1 Å². The predicted octanol–water partition coefficient (Wildman–Crippen LogP) is 10.1. The smallest absolute Gasteiger partial charge is 0.377 e. The number of aliphatic hydroxyl groups excluding tert-OH is 1. The van der Waals surface area contributed by atoms with Gasteiger partial charge in [-0.2, -0.15) is 0 Å². The fourth-order valence-corrected chi connectivity index (χ4v) is 17.8. The number of ether oxygens (including phenoxy) is 8. The number of rotatable bonds is 28. The van der Waals surface area contributed by atoms with Gasteiger partial charge < -0.3 is 97.3 Å². The molecule has 7 aliphatic rings. The summed E-state index contributed by atoms with van der Waals surface area (Å²) in [6.07, 6.45) is 5.49. The maximum absolute atomic E-state index is 13.3. The fourth-order valence-electron chi connectivity index (χ4n) is 17.8. The summed E-state index contributed by atoms with van der Waals surface area (Å²) < 4.78 is 44.7. The van der Waals surface area contributed by atoms with Crippen molar-refractivity contribution in [3.63, 3.8) is 0 Å². The Bertz CT molecular complexity index is 4810. The molecule has 0 aromatic heterocycles. The van der Waals surface area contributed by atoms with E-state index in [0.29, 0.717) is 77.7 Å². The number of benzene rings is 8. The zero-order valence-electron chi connectivity index (χ0n) is 70.9. The lowest BCUT2D eigenvalue weighted by Gasteiger charge is -2.25. The molecule has 0 amide bonds. The lowest BCUT2D eigenvalue weighted by Crippen LogP contribution is -2.46. The van der Waals surface area contributed by atoms with Crippen LogP contribution in [0, 0.1) is 22.7 Å². The fraction of sp³-hybridized carbons (Fsp3) is 0.440. The lowest BCUT2D eigenvalue weighted by molar-refractivity contribution is -0.152. The summed E-state index contributed by atoms with van der Waals surface area (Å²) in [4.78, 5) is 94.6. The van der Waals surface area contributed by atoms with Crippen LogP contribution >= 0.6 is 0 Å². The zero-order chi connectivity index (χ0) is 87.9. The summed E-state index contributed by atoms with van der Waals surface area (Å²) in [5.41, 5.74) is -1.62. The van der Waals surface area contributed by atoms with Gasteiger partial charge in [-0.15, -0.1) is 13.2 Å². The molecule has 2 aliphatic carbocycles. The third kappa shape index (κ3) is 22.8. The minimum Gasteiger partial charge on any atom is -0.488 e. The molecule has 5 aliphatic heterocycles. The third-order valence-corrected chi connectivity index (χ3v) is 24.2. The number of esters is 4. The van der Waals surface area contributed by atoms with Crippen LogP contribution in [0.3, 0.4) is 0 Å². The maximum Gasteiger partial charge on any atom is 0.377 e. The number of carboxylic acid groups (broad SMARTS) is 1. The Kier molecular flexibility index (Phi) is 33.4. The summed E-state index contributed by atoms with van der Waals surface area (Å²) in [5, 5.41) is 76.6. The Labute approximate surface area is 721 Å². The van der Waals surface area contributed by atoms with E-state index in [-0.39, 0.29) is 99.2 Å². The van der Waals surface area contributed by atoms with Crippen LogP contribution in [-0.4, -0.2) is 257 Å². The van der Waals surface area contributed by atoms with Crippen molar-refractivity contribution >= 4 is 120 Å². The normalized spacial score (nSPS) is 25.1. The molecule has 8 aromatic rings. The molecule has 15 rings (SSSR count). The standard InChI is InChI=1S/2C25H30BNO5.C17H20BNO4.C16H18BNO4.C7H14BNO4.CH4/c2*1-4-18-14-25(18,24(29)31-5-2)15-22(28)21-13-19(16-27(21)26(3)30)32-23-12-8-10-17-9-6-7-11-20(17)23;1-18(21)19-11-13(10-15(19)17(20)22-2)23-16-9-5-7-12-6-3-4-8-14(12)16;1-17(21)18-10-12(9-14(18)16(19)20)22-15-8-4-6-11-5-2-3-7-13(11)15;1-8(12)9-4-5(10)3-6(9)7(11)13-2;/h2*4,6-12,18-19,21,30H,1,5,13-16H2,2-3H3;3-9,13,15,21H,10-11H2,1-2H3;2-8,12,14,21H,9-10H2,1H3,(H,19,20);5-6,10,12H,3-4H2,1-2H3;1H4/t18-,19+,21-,25-;18-,19-,21+,25-;13-,15+;12-,14+;5-,6-;/m01110./s1. The molecule has 7 fully saturated rings. The summed E-state index contributed by atoms with van der Waals surface area (Å²) >= 11 is 0. The first-order valence-corrected chi connectivity index (χ1v) is 42.0. The van der Waals surface area contributed by atoms with Gasteiger partial charge >= 0.3 is 65.1 Å². The summed E-state index contributed by atoms with van der Waals surface area (Å²) in [6.45, 7) is 21.9. The van der Waals surface area contributed by atoms with Crippen LogP contribution in [0.15, 0.2) is 195 Å². The summed E-state index contributed by atoms with van der Waals surface area (Å²) in [6, 6.07) is 52.8. The number of hydrogen-bond donors (Lipinski definition) is 7. The van der Waals surface area contributed by atoms with Crippen molar-refractivity contribution in [2.24, 2.45) is 22.7 Å². The molecular formula is C91H116B5N5O22. The Hall–Kier alpha value is -9.95. The van der Waals surface area contributed by atoms with Crippen LogP contribution in [0.5, 0.6) is 23.0 Å². The number of fused-ring (bicyclic) bond motifs is 4. The van der Waals surface area contributed by atoms with E-state index in [1.165, 1.54) is 19.0 Å². The van der Waals surface area contributed by atoms with E-state index in [1.807, 2.05) is 170 Å². The molecule has 5 heterocycles. The number of allylic oxidation sites excluding steroid dienone is 2. The number of methoxy groups -OCH3 is 2. The molecule has 5 saturated heterocycles. The molecule has 0 bridgehead atoms. The van der Waals surface area contributed by atoms with Crippen LogP contribution in [0.4, 0.5) is 0 Å². The Morgan fingerprint density at radius 1 is 0.398 bits per heavy atom. The second kappa shape index (κ2) is 43.1. The highest BCUT2D eigenvalue weighted by atomic mass is 16.5. The van der Waals surface area contributed by atoms with Crippen LogP contribution < -0.4 is 18.9 Å². The molecular weight excluding hydrogens is 1570 g/mol. The molecule has 0 unspecified atom stereocenters. The minimum atomic E-state index is -0.926. The topological polar surface area (TPSA) is 351 Å². The van der Waals surface area contributed by atoms with E-state index in [0.717, 1.165) is 66.1 Å². The van der Waals surface area contributed by atoms with E-state index >= 15 is 0 Å². The van der Waals surface area contributed by atoms with Crippen LogP contribution in [0.1, 0.15) is 79.1 Å². The van der Waals surface area contributed by atoms with Crippen molar-refractivity contribution in [3.05, 3.63) is 195 Å². The van der Waals surface area contributed by atoms with E-state index < -0.39 is 94.3 Å². The highest BCUT2D eigenvalue weighted by Crippen LogP contribution is 2.59. The molecule has 7 N–H and O–H groups in total. The quantitative estimate of drug-likeness (QED) is 0.0104. The number of nitrogens with zero attached hydrogens (tertiary/aromatic N) is 5. The van der Waals surface area contributed by atoms with Crippen molar-refractivity contribution < 1.29 is 107 Å². The Morgan fingerprint density at radius 2 is 0.659 bits per heavy atom. The average molecular weight is 1690 g/mol. The van der Waals surface area contributed by atoms with Crippen molar-refractivity contribution in [2.45, 2.75) is 174 Å². The van der Waals surface area contributed by atoms with Crippen LogP contribution in [0.25, 0.3) is 43.1 Å². The molecule has 8 aromatic carbocycles. The number of ketones is 2. The van der Waals surface area contributed by atoms with Crippen molar-refractivity contribution in [3.8, 4) is 23.0 Å². The number of carboxylic acids is 1. The monoisotopic (exact) mass is 1690 g/mol. The number of aliphatic carboxylic acids is 1. The number of carbonyl (C=O) groups excluding carboxylic acids is 6. The number of carbonyl (C=O) groups is 7. The van der Waals surface area contributed by atoms with Crippen molar-refractivity contribution in [1.29, 1.82) is 0 Å². The molecule has 0 radical (unpaired) electrons. The highest BCUT2D eigenvalue weighted by molar-refractivity contribution is 6.47. The Morgan fingerprint density at radius 3 is 0.927 bits per heavy atom. The molecule has 0 spiro atoms. The summed E-state index contributed by atoms with van der Waals surface area (Å²) in [5.74, 6) is 0.532. The number of β-amino-alcohol motifs (C(OH)–C–C–N with tert-alkyl or cyclic N) is 1. The molecule has 652 valence electrons. The first-order valence-electron chi connectivity index (χ1n) is 42.0. The number of aliphatic hydroxyl groups is 1. The minimum absolute atomic E-state index is 0. The van der Waals surface area contributed by atoms with Crippen molar-refractivity contribution in [2.75, 3.05) is 60.2 Å². The van der Waals surface area contributed by atoms with Crippen LogP contribution in [0.2, 0.25) is 34.1 Å². The van der Waals surface area contributed by atoms with Gasteiger partial charge in [0.15, 0.2) is 0 Å². The molecule has 27 nitrogen and oxygen atoms in total. The predicted molar refractivity (Wildman–Crippen MR) is 477 cm³/mol. The van der Waals surface area contributed by atoms with E-state index in [1.54, 1.807) is 79.4 Å². The third-order valence-electron chi connectivity index (χ3n) is 24.2. The van der Waals surface area contributed by atoms with Gasteiger partial charge in [-0.3, -0.25) is 33.6 Å². The second-order valence-electron chi connectivity index (χ2n) is 32.4. The van der Waals surface area contributed by atoms with Gasteiger partial charge in [0.2, 0.25) is 0 Å². The van der Waals surface area contributed by atoms with E-state index in [9.17, 15) is 68.9 Å². The van der Waals surface area contributed by atoms with Gasteiger partial charge in [0.25, 0.3) is 0 Å². The van der Waals surface area contributed by atoms with Gasteiger partial charge in [-0.05, 0) is 125 Å². The van der Waals surface area contributed by atoms with Crippen LogP contribution in [-0.2, 0) is 52.5 Å². The molecule has 123 heavy (non-hydrogen) atoms. The van der Waals surface area contributed by atoms with Gasteiger partial charge in [-0.25, -0.2) is 0 Å². The van der Waals surface area contributed by atoms with Gasteiger partial charge in [0.05, 0.1) is 56.5 Å². The molecule has 14 atom stereocenters. The first kappa shape index (κ1) is 95.3. The molecule has 2 saturated carbocycles. The first-order chi connectivity index (χ1) is 58.5. The Balaban J connectivity index is 0.000000165. The highest BCUT2D eigenvalue weighted by Gasteiger charge is 2.63. The second-order valence-corrected chi connectivity index (χ2v) is 32.4. The van der Waals surface area contributed by atoms with Gasteiger partial charge in [0, 0.05) is 92.8 Å². The maximum atomic E-state index is 13.3. The number of hydrogen-bond acceptors (Lipinski definition) is 26. The van der Waals surface area contributed by atoms with Gasteiger partial charge in [0.1, 0.15) is 77.1 Å². The average Bonchev–Trinajstić information content (AvgIpc) is 1.58. The van der Waals surface area contributed by atoms with E-state index in [4.69, 9.17) is 33.2 Å². The van der Waals surface area contributed by atoms with Gasteiger partial charge in [-0.1, -0.05) is 165 Å². The summed E-state index contributed by atoms with van der Waals surface area (Å²) in [7, 11) is -1.19. The van der Waals surface area contributed by atoms with E-state index in [2.05, 4.69) is 17.9 Å². The lowest BCUT2D eigenvalue weighted by atomic mass is 9.82. The zero-order valence-corrected chi connectivity index (χ0v) is 70.9. The SMILES string of the molecule is C.C=C[C@@H]1C[C@]1(CC(=O)[C@@H]1C[C@@H](Oc2cccc3ccccc23)CN1B(C)O)C(=O)OCC.C=C[C@H]1C[C@@]1(CC(=O)[C@@H]1C[C@@H](Oc2cccc3ccccc23)CN1B(C)O)C(=O)OCC.CB(O)N1C[C@H](Oc2cccc3ccccc23)C[C@H]1C(=O)O.COC(=O)[C@@H]1C[C@@H](Oc2cccc3ccccc23)CN1B(C)O.COC(=O)[C@@H]1C[C@H](O)CN1B(C)O. The number of Topliss-reactive ketones (excluding diaryl/α,β-unsaturated/α-hetero) is 2. The molecule has 32 heteroatoms. The largest absolute Gasteiger partial charge is 0.488 e.